The lowest BCUT2D eigenvalue weighted by Crippen LogP contribution is -2.05. The van der Waals surface area contributed by atoms with Crippen LogP contribution in [0.2, 0.25) is 0 Å². The molecule has 2 N–H and O–H groups in total. The summed E-state index contributed by atoms with van der Waals surface area (Å²) in [6, 6.07) is 0. The number of allylic oxidation sites excluding steroid dienone is 2. The summed E-state index contributed by atoms with van der Waals surface area (Å²) in [5, 5.41) is 18.4. The highest BCUT2D eigenvalue weighted by Crippen LogP contribution is 2.13. The van der Waals surface area contributed by atoms with Crippen LogP contribution in [0.25, 0.3) is 0 Å². The molecule has 0 spiro atoms. The first-order valence-electron chi connectivity index (χ1n) is 8.71. The Morgan fingerprint density at radius 1 is 0.905 bits per heavy atom. The Labute approximate surface area is 130 Å². The minimum atomic E-state index is -0.691. The summed E-state index contributed by atoms with van der Waals surface area (Å²) in [6.45, 7) is 2.15. The fourth-order valence-corrected chi connectivity index (χ4v) is 2.43. The van der Waals surface area contributed by atoms with Crippen LogP contribution in [0.4, 0.5) is 0 Å². The molecule has 3 heteroatoms. The van der Waals surface area contributed by atoms with E-state index < -0.39 is 5.97 Å². The van der Waals surface area contributed by atoms with Crippen molar-refractivity contribution in [2.75, 3.05) is 0 Å². The van der Waals surface area contributed by atoms with Crippen molar-refractivity contribution >= 4 is 5.97 Å². The van der Waals surface area contributed by atoms with E-state index in [2.05, 4.69) is 19.1 Å². The summed E-state index contributed by atoms with van der Waals surface area (Å²) >= 11 is 0. The fraction of sp³-hybridized carbons (Fsp3) is 0.833. The molecule has 3 nitrogen and oxygen atoms in total. The number of hydrogen-bond donors (Lipinski definition) is 2. The molecule has 0 fully saturated rings. The average Bonchev–Trinajstić information content (AvgIpc) is 2.45. The Balaban J connectivity index is 3.20. The van der Waals surface area contributed by atoms with E-state index in [9.17, 15) is 9.90 Å². The monoisotopic (exact) mass is 298 g/mol. The largest absolute Gasteiger partial charge is 0.481 e. The van der Waals surface area contributed by atoms with Gasteiger partial charge in [0.05, 0.1) is 6.10 Å². The molecule has 0 rings (SSSR count). The van der Waals surface area contributed by atoms with E-state index in [4.69, 9.17) is 5.11 Å². The summed E-state index contributed by atoms with van der Waals surface area (Å²) in [5.41, 5.74) is 0. The Morgan fingerprint density at radius 3 is 2.10 bits per heavy atom. The Morgan fingerprint density at radius 2 is 1.48 bits per heavy atom. The van der Waals surface area contributed by atoms with Crippen LogP contribution in [0.3, 0.4) is 0 Å². The van der Waals surface area contributed by atoms with Crippen LogP contribution in [0, 0.1) is 0 Å². The third kappa shape index (κ3) is 17.1. The van der Waals surface area contributed by atoms with Gasteiger partial charge in [0.2, 0.25) is 0 Å². The van der Waals surface area contributed by atoms with Gasteiger partial charge in [-0.25, -0.2) is 0 Å². The van der Waals surface area contributed by atoms with Gasteiger partial charge in [-0.05, 0) is 38.5 Å². The molecule has 0 aliphatic carbocycles. The molecule has 21 heavy (non-hydrogen) atoms. The van der Waals surface area contributed by atoms with E-state index in [1.165, 1.54) is 6.42 Å². The van der Waals surface area contributed by atoms with Crippen molar-refractivity contribution < 1.29 is 15.0 Å². The van der Waals surface area contributed by atoms with E-state index in [1.807, 2.05) is 0 Å². The predicted octanol–water partition coefficient (Wildman–Crippen LogP) is 5.08. The molecular formula is C18H34O3. The molecule has 0 aromatic rings. The summed E-state index contributed by atoms with van der Waals surface area (Å²) in [5.74, 6) is -0.691. The van der Waals surface area contributed by atoms with Crippen molar-refractivity contribution in [2.24, 2.45) is 0 Å². The van der Waals surface area contributed by atoms with Gasteiger partial charge >= 0.3 is 5.97 Å². The van der Waals surface area contributed by atoms with Gasteiger partial charge in [-0.2, -0.15) is 0 Å². The number of aliphatic carboxylic acids is 1. The Hall–Kier alpha value is -0.830. The standard InChI is InChI=1S/C18H34O3/c1-2-3-4-5-8-11-14-17(19)15-12-9-6-7-10-13-16-18(20)21/h3-4,17,19H,2,5-16H2,1H3,(H,20,21). The van der Waals surface area contributed by atoms with Gasteiger partial charge < -0.3 is 10.2 Å². The van der Waals surface area contributed by atoms with Gasteiger partial charge in [0.15, 0.2) is 0 Å². The normalized spacial score (nSPS) is 12.9. The number of unbranched alkanes of at least 4 members (excludes halogenated alkanes) is 7. The number of carboxylic acids is 1. The SMILES string of the molecule is CCC=CCCCCC(O)CCCCCCCCC(=O)O. The van der Waals surface area contributed by atoms with Crippen molar-refractivity contribution in [3.8, 4) is 0 Å². The number of aliphatic hydroxyl groups is 1. The summed E-state index contributed by atoms with van der Waals surface area (Å²) in [7, 11) is 0. The van der Waals surface area contributed by atoms with Gasteiger partial charge in [0, 0.05) is 6.42 Å². The second-order valence-corrected chi connectivity index (χ2v) is 5.87. The van der Waals surface area contributed by atoms with E-state index in [-0.39, 0.29) is 6.10 Å². The number of rotatable bonds is 15. The van der Waals surface area contributed by atoms with Crippen LogP contribution >= 0.6 is 0 Å². The quantitative estimate of drug-likeness (QED) is 0.327. The molecule has 0 saturated heterocycles. The molecule has 0 radical (unpaired) electrons. The van der Waals surface area contributed by atoms with Crippen LogP contribution < -0.4 is 0 Å². The van der Waals surface area contributed by atoms with Crippen molar-refractivity contribution in [3.63, 3.8) is 0 Å². The molecule has 0 amide bonds. The zero-order chi connectivity index (χ0) is 15.8. The van der Waals surface area contributed by atoms with E-state index >= 15 is 0 Å². The van der Waals surface area contributed by atoms with E-state index in [1.54, 1.807) is 0 Å². The molecular weight excluding hydrogens is 264 g/mol. The van der Waals surface area contributed by atoms with E-state index in [0.717, 1.165) is 70.6 Å². The molecule has 0 bridgehead atoms. The maximum atomic E-state index is 10.3. The number of hydrogen-bond acceptors (Lipinski definition) is 2. The molecule has 0 saturated carbocycles. The summed E-state index contributed by atoms with van der Waals surface area (Å²) < 4.78 is 0. The van der Waals surface area contributed by atoms with Gasteiger partial charge in [-0.1, -0.05) is 57.6 Å². The maximum absolute atomic E-state index is 10.3. The lowest BCUT2D eigenvalue weighted by atomic mass is 10.0. The lowest BCUT2D eigenvalue weighted by Gasteiger charge is -2.09. The second kappa shape index (κ2) is 15.6. The smallest absolute Gasteiger partial charge is 0.303 e. The summed E-state index contributed by atoms with van der Waals surface area (Å²) in [6.07, 6.45) is 17.3. The summed E-state index contributed by atoms with van der Waals surface area (Å²) in [4.78, 5) is 10.3. The van der Waals surface area contributed by atoms with Crippen LogP contribution in [0.5, 0.6) is 0 Å². The van der Waals surface area contributed by atoms with Crippen molar-refractivity contribution in [1.82, 2.24) is 0 Å². The molecule has 0 aromatic heterocycles. The van der Waals surface area contributed by atoms with Crippen molar-refractivity contribution in [1.29, 1.82) is 0 Å². The number of aliphatic hydroxyl groups excluding tert-OH is 1. The van der Waals surface area contributed by atoms with E-state index in [0.29, 0.717) is 6.42 Å². The van der Waals surface area contributed by atoms with Crippen LogP contribution in [-0.4, -0.2) is 22.3 Å². The highest BCUT2D eigenvalue weighted by Gasteiger charge is 2.03. The Bertz CT molecular complexity index is 261. The molecule has 1 unspecified atom stereocenters. The van der Waals surface area contributed by atoms with Gasteiger partial charge in [0.1, 0.15) is 0 Å². The lowest BCUT2D eigenvalue weighted by molar-refractivity contribution is -0.137. The maximum Gasteiger partial charge on any atom is 0.303 e. The number of carbonyl (C=O) groups is 1. The van der Waals surface area contributed by atoms with Gasteiger partial charge in [-0.15, -0.1) is 0 Å². The minimum Gasteiger partial charge on any atom is -0.481 e. The zero-order valence-electron chi connectivity index (χ0n) is 13.7. The molecule has 0 aromatic carbocycles. The average molecular weight is 298 g/mol. The van der Waals surface area contributed by atoms with Gasteiger partial charge in [0.25, 0.3) is 0 Å². The zero-order valence-corrected chi connectivity index (χ0v) is 13.7. The Kier molecular flexibility index (Phi) is 14.9. The van der Waals surface area contributed by atoms with Crippen LogP contribution in [0.15, 0.2) is 12.2 Å². The first-order chi connectivity index (χ1) is 10.2. The third-order valence-electron chi connectivity index (χ3n) is 3.74. The fourth-order valence-electron chi connectivity index (χ4n) is 2.43. The topological polar surface area (TPSA) is 57.5 Å². The van der Waals surface area contributed by atoms with Crippen LogP contribution in [-0.2, 0) is 4.79 Å². The minimum absolute atomic E-state index is 0.132. The molecule has 1 atom stereocenters. The third-order valence-corrected chi connectivity index (χ3v) is 3.74. The second-order valence-electron chi connectivity index (χ2n) is 5.87. The molecule has 0 aliphatic rings. The highest BCUT2D eigenvalue weighted by atomic mass is 16.4. The van der Waals surface area contributed by atoms with Gasteiger partial charge in [-0.3, -0.25) is 4.79 Å². The predicted molar refractivity (Wildman–Crippen MR) is 88.5 cm³/mol. The first-order valence-corrected chi connectivity index (χ1v) is 8.71. The first kappa shape index (κ1) is 20.2. The number of carboxylic acid groups (broad SMARTS) is 1. The molecule has 0 heterocycles. The van der Waals surface area contributed by atoms with Crippen LogP contribution in [0.1, 0.15) is 90.4 Å². The highest BCUT2D eigenvalue weighted by molar-refractivity contribution is 5.66. The van der Waals surface area contributed by atoms with Crippen molar-refractivity contribution in [3.05, 3.63) is 12.2 Å². The molecule has 124 valence electrons. The van der Waals surface area contributed by atoms with Crippen molar-refractivity contribution in [2.45, 2.75) is 96.5 Å². The molecule has 0 aliphatic heterocycles.